The van der Waals surface area contributed by atoms with E-state index in [1.54, 1.807) is 0 Å². The first-order chi connectivity index (χ1) is 12.3. The van der Waals surface area contributed by atoms with Gasteiger partial charge in [-0.15, -0.1) is 0 Å². The number of unbranched alkanes of at least 4 members (excludes halogenated alkanes) is 3. The maximum atomic E-state index is 6.20. The molecule has 1 unspecified atom stereocenters. The van der Waals surface area contributed by atoms with E-state index in [0.29, 0.717) is 0 Å². The Bertz CT molecular complexity index is 471. The average Bonchev–Trinajstić information content (AvgIpc) is 3.08. The van der Waals surface area contributed by atoms with E-state index in [9.17, 15) is 0 Å². The molecule has 0 radical (unpaired) electrons. The molecule has 0 amide bonds. The topological polar surface area (TPSA) is 66.7 Å². The molecular formula is C21H44N4Sn. The van der Waals surface area contributed by atoms with Gasteiger partial charge in [0.2, 0.25) is 0 Å². The summed E-state index contributed by atoms with van der Waals surface area (Å²) in [5, 5.41) is 11.8. The van der Waals surface area contributed by atoms with Crippen molar-refractivity contribution in [3.8, 4) is 0 Å². The van der Waals surface area contributed by atoms with Crippen LogP contribution in [-0.4, -0.2) is 40.2 Å². The molecule has 26 heavy (non-hydrogen) atoms. The molecule has 1 atom stereocenters. The molecule has 0 saturated heterocycles. The van der Waals surface area contributed by atoms with Crippen LogP contribution in [0.3, 0.4) is 0 Å². The predicted molar refractivity (Wildman–Crippen MR) is 118 cm³/mol. The average molecular weight is 471 g/mol. The summed E-state index contributed by atoms with van der Waals surface area (Å²) in [5.74, 6) is 0. The van der Waals surface area contributed by atoms with Crippen LogP contribution in [-0.2, 0) is 6.54 Å². The third-order valence-corrected chi connectivity index (χ3v) is 21.0. The van der Waals surface area contributed by atoms with Crippen molar-refractivity contribution in [3.05, 3.63) is 11.8 Å². The fourth-order valence-electron chi connectivity index (χ4n) is 3.55. The maximum absolute atomic E-state index is 6.20. The third-order valence-electron chi connectivity index (χ3n) is 5.92. The van der Waals surface area contributed by atoms with E-state index in [0.717, 1.165) is 6.54 Å². The van der Waals surface area contributed by atoms with Crippen LogP contribution in [0.15, 0.2) is 6.07 Å². The van der Waals surface area contributed by atoms with E-state index in [4.69, 9.17) is 10.8 Å². The van der Waals surface area contributed by atoms with Gasteiger partial charge in [-0.2, -0.15) is 0 Å². The number of aromatic nitrogens is 2. The molecule has 1 aromatic rings. The molecule has 1 rings (SSSR count). The van der Waals surface area contributed by atoms with Gasteiger partial charge in [0.1, 0.15) is 0 Å². The molecule has 4 N–H and O–H groups in total. The monoisotopic (exact) mass is 472 g/mol. The summed E-state index contributed by atoms with van der Waals surface area (Å²) in [6, 6.07) is 2.67. The van der Waals surface area contributed by atoms with Crippen molar-refractivity contribution in [1.29, 1.82) is 0 Å². The summed E-state index contributed by atoms with van der Waals surface area (Å²) in [6.45, 7) is 14.1. The number of nitrogens with one attached hydrogen (secondary N) is 2. The van der Waals surface area contributed by atoms with Gasteiger partial charge in [-0.1, -0.05) is 0 Å². The molecule has 4 nitrogen and oxygen atoms in total. The Hall–Kier alpha value is -0.0713. The zero-order valence-electron chi connectivity index (χ0n) is 18.3. The van der Waals surface area contributed by atoms with E-state index in [-0.39, 0.29) is 11.6 Å². The summed E-state index contributed by atoms with van der Waals surface area (Å²) in [7, 11) is 0. The van der Waals surface area contributed by atoms with E-state index in [1.807, 2.05) is 0 Å². The Balaban J connectivity index is 2.93. The molecule has 0 aliphatic rings. The molecule has 0 fully saturated rings. The number of rotatable bonds is 14. The van der Waals surface area contributed by atoms with Crippen LogP contribution in [0.4, 0.5) is 0 Å². The molecule has 152 valence electrons. The van der Waals surface area contributed by atoms with E-state index < -0.39 is 18.4 Å². The molecule has 0 aromatic carbocycles. The first-order valence-corrected chi connectivity index (χ1v) is 18.3. The second-order valence-electron chi connectivity index (χ2n) is 8.79. The molecule has 1 aromatic heterocycles. The zero-order chi connectivity index (χ0) is 19.6. The number of hydrogen-bond donors (Lipinski definition) is 3. The minimum absolute atomic E-state index is 0.213. The van der Waals surface area contributed by atoms with Crippen LogP contribution < -0.4 is 14.8 Å². The van der Waals surface area contributed by atoms with Crippen LogP contribution in [0.25, 0.3) is 0 Å². The Morgan fingerprint density at radius 3 is 2.00 bits per heavy atom. The van der Waals surface area contributed by atoms with Crippen molar-refractivity contribution in [2.75, 3.05) is 0 Å². The van der Waals surface area contributed by atoms with E-state index in [1.165, 1.54) is 61.2 Å². The van der Waals surface area contributed by atoms with E-state index in [2.05, 4.69) is 58.0 Å². The number of nitrogens with zero attached hydrogens (tertiary/aromatic N) is 1. The van der Waals surface area contributed by atoms with Crippen molar-refractivity contribution >= 4 is 22.1 Å². The molecule has 0 aliphatic carbocycles. The number of aromatic amines is 1. The van der Waals surface area contributed by atoms with Crippen molar-refractivity contribution < 1.29 is 0 Å². The van der Waals surface area contributed by atoms with Gasteiger partial charge >= 0.3 is 167 Å². The van der Waals surface area contributed by atoms with Gasteiger partial charge in [0.25, 0.3) is 0 Å². The first-order valence-electron chi connectivity index (χ1n) is 10.9. The molecule has 0 aliphatic heterocycles. The van der Waals surface area contributed by atoms with Gasteiger partial charge in [-0.25, -0.2) is 0 Å². The van der Waals surface area contributed by atoms with Crippen molar-refractivity contribution in [3.63, 3.8) is 0 Å². The fraction of sp³-hybridized carbons (Fsp3) is 0.857. The Labute approximate surface area is 166 Å². The van der Waals surface area contributed by atoms with Gasteiger partial charge < -0.3 is 0 Å². The second-order valence-corrected chi connectivity index (χ2v) is 21.8. The van der Waals surface area contributed by atoms with Gasteiger partial charge in [0, 0.05) is 0 Å². The Morgan fingerprint density at radius 1 is 1.08 bits per heavy atom. The van der Waals surface area contributed by atoms with Gasteiger partial charge in [-0.05, 0) is 0 Å². The normalized spacial score (nSPS) is 14.0. The molecule has 0 saturated carbocycles. The van der Waals surface area contributed by atoms with Crippen molar-refractivity contribution in [1.82, 2.24) is 15.5 Å². The van der Waals surface area contributed by atoms with Gasteiger partial charge in [-0.3, -0.25) is 0 Å². The van der Waals surface area contributed by atoms with Crippen LogP contribution in [0.1, 0.15) is 85.8 Å². The summed E-state index contributed by atoms with van der Waals surface area (Å²) < 4.78 is 5.89. The summed E-state index contributed by atoms with van der Waals surface area (Å²) in [4.78, 5) is 0. The van der Waals surface area contributed by atoms with E-state index >= 15 is 0 Å². The summed E-state index contributed by atoms with van der Waals surface area (Å²) in [5.41, 5.74) is 7.21. The van der Waals surface area contributed by atoms with Crippen molar-refractivity contribution in [2.24, 2.45) is 5.73 Å². The summed E-state index contributed by atoms with van der Waals surface area (Å²) in [6.07, 6.45) is 8.05. The van der Waals surface area contributed by atoms with Gasteiger partial charge in [0.15, 0.2) is 0 Å². The fourth-order valence-corrected chi connectivity index (χ4v) is 18.9. The van der Waals surface area contributed by atoms with Crippen LogP contribution in [0.5, 0.6) is 0 Å². The third kappa shape index (κ3) is 7.51. The summed E-state index contributed by atoms with van der Waals surface area (Å²) >= 11 is -2.40. The SMILES string of the molecule is CCC[CH2][Sn]([CH2]CCC)([CH2]CCC)[c]1cc(CNC(C)C(C)(C)N)[nH]n1. The minimum atomic E-state index is -2.40. The molecular weight excluding hydrogens is 427 g/mol. The Kier molecular flexibility index (Phi) is 10.8. The predicted octanol–water partition coefficient (Wildman–Crippen LogP) is 4.68. The van der Waals surface area contributed by atoms with Crippen molar-refractivity contribution in [2.45, 2.75) is 112 Å². The zero-order valence-corrected chi connectivity index (χ0v) is 21.1. The van der Waals surface area contributed by atoms with Crippen LogP contribution >= 0.6 is 0 Å². The Morgan fingerprint density at radius 2 is 1.58 bits per heavy atom. The van der Waals surface area contributed by atoms with Crippen LogP contribution in [0.2, 0.25) is 13.3 Å². The molecule has 0 bridgehead atoms. The molecule has 1 heterocycles. The second kappa shape index (κ2) is 11.7. The van der Waals surface area contributed by atoms with Crippen LogP contribution in [0, 0.1) is 0 Å². The van der Waals surface area contributed by atoms with Gasteiger partial charge in [0.05, 0.1) is 0 Å². The standard InChI is InChI=1S/C9H17N4.3C4H9.Sn/c1-7(9(2,3)10)11-6-8-4-5-12-13-8;3*1-3-4-2;/h4,7,11H,6,10H2,1-3H3,(H,12,13);3*1,3-4H2,2H3;. The first kappa shape index (κ1) is 24.0. The number of nitrogens with two attached hydrogens (primary N) is 1. The molecule has 5 heteroatoms. The number of H-pyrrole nitrogens is 1. The molecule has 0 spiro atoms. The number of hydrogen-bond acceptors (Lipinski definition) is 3. The quantitative estimate of drug-likeness (QED) is 0.345.